The summed E-state index contributed by atoms with van der Waals surface area (Å²) < 4.78 is 5.30. The van der Waals surface area contributed by atoms with E-state index in [1.807, 2.05) is 21.7 Å². The van der Waals surface area contributed by atoms with E-state index in [1.54, 1.807) is 0 Å². The second-order valence-corrected chi connectivity index (χ2v) is 2.40. The van der Waals surface area contributed by atoms with Gasteiger partial charge in [-0.1, -0.05) is 6.32 Å². The van der Waals surface area contributed by atoms with E-state index in [9.17, 15) is 0 Å². The Morgan fingerprint density at radius 1 is 1.56 bits per heavy atom. The molecule has 2 nitrogen and oxygen atoms in total. The van der Waals surface area contributed by atoms with Crippen LogP contribution in [0.25, 0.3) is 0 Å². The lowest BCUT2D eigenvalue weighted by Gasteiger charge is -2.15. The second-order valence-electron chi connectivity index (χ2n) is 2.40. The molecule has 0 aliphatic heterocycles. The quantitative estimate of drug-likeness (QED) is 0.535. The van der Waals surface area contributed by atoms with Crippen LogP contribution in [0.3, 0.4) is 0 Å². The van der Waals surface area contributed by atoms with E-state index in [0.717, 1.165) is 6.32 Å². The molecule has 0 aliphatic carbocycles. The van der Waals surface area contributed by atoms with Gasteiger partial charge >= 0.3 is 0 Å². The molecule has 0 spiro atoms. The Kier molecular flexibility index (Phi) is 4.82. The molecule has 3 heteroatoms. The minimum Gasteiger partial charge on any atom is -0.394 e. The second kappa shape index (κ2) is 4.83. The van der Waals surface area contributed by atoms with E-state index >= 15 is 0 Å². The molecule has 0 heterocycles. The Balaban J connectivity index is 3.31. The smallest absolute Gasteiger partial charge is 0.104 e. The molecule has 0 aromatic heterocycles. The first kappa shape index (κ1) is 8.98. The van der Waals surface area contributed by atoms with Gasteiger partial charge in [0.25, 0.3) is 0 Å². The summed E-state index contributed by atoms with van der Waals surface area (Å²) in [6.07, 6.45) is 1.14. The van der Waals surface area contributed by atoms with E-state index in [0.29, 0.717) is 0 Å². The molecule has 0 aromatic rings. The van der Waals surface area contributed by atoms with Crippen LogP contribution >= 0.6 is 0 Å². The van der Waals surface area contributed by atoms with Gasteiger partial charge in [0, 0.05) is 0 Å². The molecule has 0 saturated heterocycles. The minimum absolute atomic E-state index is 0.0324. The van der Waals surface area contributed by atoms with Gasteiger partial charge in [-0.2, -0.15) is 0 Å². The van der Waals surface area contributed by atoms with Crippen molar-refractivity contribution in [3.8, 4) is 0 Å². The molecule has 1 N–H and O–H groups in total. The van der Waals surface area contributed by atoms with Crippen molar-refractivity contribution in [1.82, 2.24) is 0 Å². The lowest BCUT2D eigenvalue weighted by molar-refractivity contribution is -0.0117. The summed E-state index contributed by atoms with van der Waals surface area (Å²) >= 11 is 0. The third kappa shape index (κ3) is 4.49. The SMILES string of the molecule is BCC(CO)OC(C)C. The fourth-order valence-electron chi connectivity index (χ4n) is 0.653. The molecular formula is C6H15BO2. The van der Waals surface area contributed by atoms with Crippen LogP contribution in [0.15, 0.2) is 0 Å². The predicted octanol–water partition coefficient (Wildman–Crippen LogP) is -0.176. The number of hydrogen-bond acceptors (Lipinski definition) is 2. The monoisotopic (exact) mass is 130 g/mol. The third-order valence-corrected chi connectivity index (χ3v) is 1.12. The average molecular weight is 130 g/mol. The van der Waals surface area contributed by atoms with Crippen molar-refractivity contribution >= 4 is 7.85 Å². The van der Waals surface area contributed by atoms with Crippen molar-refractivity contribution in [1.29, 1.82) is 0 Å². The zero-order chi connectivity index (χ0) is 7.28. The van der Waals surface area contributed by atoms with Crippen molar-refractivity contribution < 1.29 is 9.84 Å². The molecule has 0 fully saturated rings. The largest absolute Gasteiger partial charge is 0.394 e. The van der Waals surface area contributed by atoms with E-state index < -0.39 is 0 Å². The topological polar surface area (TPSA) is 29.5 Å². The van der Waals surface area contributed by atoms with Crippen molar-refractivity contribution in [2.75, 3.05) is 6.61 Å². The van der Waals surface area contributed by atoms with Gasteiger partial charge in [0.15, 0.2) is 0 Å². The normalized spacial score (nSPS) is 14.2. The lowest BCUT2D eigenvalue weighted by Crippen LogP contribution is -2.20. The first-order valence-electron chi connectivity index (χ1n) is 3.47. The zero-order valence-corrected chi connectivity index (χ0v) is 6.42. The van der Waals surface area contributed by atoms with Crippen molar-refractivity contribution in [3.63, 3.8) is 0 Å². The van der Waals surface area contributed by atoms with Crippen LogP contribution in [-0.2, 0) is 4.74 Å². The average Bonchev–Trinajstić information content (AvgIpc) is 1.82. The van der Waals surface area contributed by atoms with Crippen LogP contribution in [0.5, 0.6) is 0 Å². The molecule has 0 radical (unpaired) electrons. The molecule has 1 atom stereocenters. The third-order valence-electron chi connectivity index (χ3n) is 1.12. The van der Waals surface area contributed by atoms with Gasteiger partial charge in [-0.3, -0.25) is 0 Å². The Morgan fingerprint density at radius 2 is 2.11 bits per heavy atom. The van der Waals surface area contributed by atoms with E-state index in [2.05, 4.69) is 0 Å². The Bertz CT molecular complexity index is 62.1. The van der Waals surface area contributed by atoms with Crippen LogP contribution in [0.1, 0.15) is 13.8 Å². The van der Waals surface area contributed by atoms with Gasteiger partial charge in [0.2, 0.25) is 0 Å². The summed E-state index contributed by atoms with van der Waals surface area (Å²) in [5.41, 5.74) is 0. The molecule has 0 amide bonds. The molecule has 0 aliphatic rings. The summed E-state index contributed by atoms with van der Waals surface area (Å²) in [5.74, 6) is 0. The molecule has 0 saturated carbocycles. The summed E-state index contributed by atoms with van der Waals surface area (Å²) in [6.45, 7) is 4.07. The summed E-state index contributed by atoms with van der Waals surface area (Å²) in [7, 11) is 2.00. The minimum atomic E-state index is 0.0324. The highest BCUT2D eigenvalue weighted by Gasteiger charge is 2.05. The summed E-state index contributed by atoms with van der Waals surface area (Å²) in [5, 5.41) is 8.65. The molecule has 54 valence electrons. The number of rotatable bonds is 4. The highest BCUT2D eigenvalue weighted by atomic mass is 16.5. The molecular weight excluding hydrogens is 115 g/mol. The fraction of sp³-hybridized carbons (Fsp3) is 1.00. The molecule has 1 unspecified atom stereocenters. The lowest BCUT2D eigenvalue weighted by atomic mass is 10.00. The fourth-order valence-corrected chi connectivity index (χ4v) is 0.653. The Hall–Kier alpha value is -0.0151. The van der Waals surface area contributed by atoms with Gasteiger partial charge in [-0.05, 0) is 13.8 Å². The van der Waals surface area contributed by atoms with Crippen LogP contribution in [0.2, 0.25) is 6.32 Å². The maximum Gasteiger partial charge on any atom is 0.104 e. The van der Waals surface area contributed by atoms with E-state index in [1.165, 1.54) is 0 Å². The van der Waals surface area contributed by atoms with Gasteiger partial charge < -0.3 is 9.84 Å². The first-order chi connectivity index (χ1) is 4.20. The maximum atomic E-state index is 8.65. The maximum absolute atomic E-state index is 8.65. The molecule has 0 aromatic carbocycles. The summed E-state index contributed by atoms with van der Waals surface area (Å²) in [6, 6.07) is 0. The van der Waals surface area contributed by atoms with Gasteiger partial charge in [0.05, 0.1) is 18.8 Å². The van der Waals surface area contributed by atoms with Crippen LogP contribution in [0.4, 0.5) is 0 Å². The van der Waals surface area contributed by atoms with Crippen molar-refractivity contribution in [2.45, 2.75) is 32.4 Å². The Morgan fingerprint density at radius 3 is 2.22 bits per heavy atom. The van der Waals surface area contributed by atoms with Crippen LogP contribution in [0, 0.1) is 0 Å². The molecule has 0 rings (SSSR count). The number of hydrogen-bond donors (Lipinski definition) is 1. The first-order valence-corrected chi connectivity index (χ1v) is 3.47. The summed E-state index contributed by atoms with van der Waals surface area (Å²) in [4.78, 5) is 0. The van der Waals surface area contributed by atoms with Gasteiger partial charge in [-0.25, -0.2) is 0 Å². The highest BCUT2D eigenvalue weighted by Crippen LogP contribution is 1.99. The molecule has 0 bridgehead atoms. The number of aliphatic hydroxyl groups is 1. The van der Waals surface area contributed by atoms with E-state index in [-0.39, 0.29) is 18.8 Å². The standard InChI is InChI=1S/C6H15BO2/c1-5(2)9-6(3-7)4-8/h5-6,8H,3-4,7H2,1-2H3. The van der Waals surface area contributed by atoms with Crippen molar-refractivity contribution in [2.24, 2.45) is 0 Å². The van der Waals surface area contributed by atoms with Gasteiger partial charge in [0.1, 0.15) is 7.85 Å². The molecule has 9 heavy (non-hydrogen) atoms. The van der Waals surface area contributed by atoms with Gasteiger partial charge in [-0.15, -0.1) is 0 Å². The highest BCUT2D eigenvalue weighted by molar-refractivity contribution is 6.08. The van der Waals surface area contributed by atoms with Crippen LogP contribution in [-0.4, -0.2) is 31.8 Å². The van der Waals surface area contributed by atoms with Crippen LogP contribution < -0.4 is 0 Å². The Labute approximate surface area is 57.6 Å². The van der Waals surface area contributed by atoms with E-state index in [4.69, 9.17) is 9.84 Å². The predicted molar refractivity (Wildman–Crippen MR) is 40.4 cm³/mol. The zero-order valence-electron chi connectivity index (χ0n) is 6.42. The van der Waals surface area contributed by atoms with Crippen molar-refractivity contribution in [3.05, 3.63) is 0 Å². The number of ether oxygens (including phenoxy) is 1. The number of aliphatic hydroxyl groups excluding tert-OH is 1.